The van der Waals surface area contributed by atoms with Gasteiger partial charge in [-0.25, -0.2) is 13.8 Å². The molecule has 32 heavy (non-hydrogen) atoms. The maximum atomic E-state index is 13.7. The summed E-state index contributed by atoms with van der Waals surface area (Å²) >= 11 is 0. The summed E-state index contributed by atoms with van der Waals surface area (Å²) in [6.07, 6.45) is 5.85. The van der Waals surface area contributed by atoms with Crippen molar-refractivity contribution in [1.29, 1.82) is 5.26 Å². The number of carbonyl (C=O) groups is 1. The number of alkyl halides is 1. The Bertz CT molecular complexity index is 1050. The van der Waals surface area contributed by atoms with E-state index in [9.17, 15) is 18.8 Å². The lowest BCUT2D eigenvalue weighted by atomic mass is 9.89. The second kappa shape index (κ2) is 10.6. The lowest BCUT2D eigenvalue weighted by Crippen LogP contribution is -2.34. The number of aromatic nitrogens is 2. The lowest BCUT2D eigenvalue weighted by molar-refractivity contribution is 0.102. The molecule has 0 aliphatic carbocycles. The van der Waals surface area contributed by atoms with Gasteiger partial charge in [0.1, 0.15) is 18.2 Å². The van der Waals surface area contributed by atoms with Gasteiger partial charge in [0.25, 0.3) is 5.91 Å². The van der Waals surface area contributed by atoms with Crippen molar-refractivity contribution in [3.05, 3.63) is 71.6 Å². The number of nitrogens with zero attached hydrogens (tertiary/aromatic N) is 4. The summed E-state index contributed by atoms with van der Waals surface area (Å²) in [5, 5.41) is 12.1. The summed E-state index contributed by atoms with van der Waals surface area (Å²) in [5.41, 5.74) is 2.76. The topological polar surface area (TPSA) is 81.9 Å². The Balaban J connectivity index is 1.74. The van der Waals surface area contributed by atoms with Gasteiger partial charge in [-0.2, -0.15) is 5.26 Å². The molecule has 3 rings (SSSR count). The van der Waals surface area contributed by atoms with Crippen molar-refractivity contribution >= 4 is 17.3 Å². The smallest absolute Gasteiger partial charge is 0.275 e. The van der Waals surface area contributed by atoms with Crippen LogP contribution in [0.3, 0.4) is 0 Å². The van der Waals surface area contributed by atoms with Crippen LogP contribution in [0.1, 0.15) is 41.0 Å². The molecule has 0 atom stereocenters. The number of hydrogen-bond acceptors (Lipinski definition) is 5. The Labute approximate surface area is 186 Å². The van der Waals surface area contributed by atoms with E-state index in [2.05, 4.69) is 32.8 Å². The fourth-order valence-electron chi connectivity index (χ4n) is 3.76. The van der Waals surface area contributed by atoms with Crippen molar-refractivity contribution in [3.8, 4) is 6.07 Å². The number of rotatable bonds is 7. The number of nitriles is 1. The van der Waals surface area contributed by atoms with Gasteiger partial charge in [0.15, 0.2) is 0 Å². The molecule has 166 valence electrons. The molecule has 8 heteroatoms. The molecule has 2 aromatic rings. The lowest BCUT2D eigenvalue weighted by Gasteiger charge is -2.35. The van der Waals surface area contributed by atoms with Crippen molar-refractivity contribution in [3.63, 3.8) is 0 Å². The van der Waals surface area contributed by atoms with Crippen LogP contribution in [0.4, 0.5) is 20.2 Å². The van der Waals surface area contributed by atoms with Gasteiger partial charge >= 0.3 is 0 Å². The molecule has 1 fully saturated rings. The van der Waals surface area contributed by atoms with Crippen LogP contribution >= 0.6 is 0 Å². The third kappa shape index (κ3) is 5.55. The fourth-order valence-corrected chi connectivity index (χ4v) is 3.76. The molecule has 6 nitrogen and oxygen atoms in total. The van der Waals surface area contributed by atoms with E-state index in [-0.39, 0.29) is 17.2 Å². The first-order chi connectivity index (χ1) is 15.4. The summed E-state index contributed by atoms with van der Waals surface area (Å²) in [6, 6.07) is 7.22. The van der Waals surface area contributed by atoms with Crippen molar-refractivity contribution in [1.82, 2.24) is 9.97 Å². The van der Waals surface area contributed by atoms with Crippen LogP contribution < -0.4 is 10.2 Å². The summed E-state index contributed by atoms with van der Waals surface area (Å²) in [7, 11) is 0. The van der Waals surface area contributed by atoms with Gasteiger partial charge in [0.05, 0.1) is 34.9 Å². The second-order valence-electron chi connectivity index (χ2n) is 7.76. The highest BCUT2D eigenvalue weighted by molar-refractivity contribution is 6.04. The third-order valence-corrected chi connectivity index (χ3v) is 5.56. The molecule has 1 N–H and O–H groups in total. The number of nitrogens with one attached hydrogen (secondary N) is 1. The number of piperidine rings is 1. The molecule has 2 heterocycles. The normalized spacial score (nSPS) is 15.0. The molecule has 1 aliphatic rings. The van der Waals surface area contributed by atoms with Gasteiger partial charge in [-0.05, 0) is 62.0 Å². The number of amides is 1. The Kier molecular flexibility index (Phi) is 7.66. The highest BCUT2D eigenvalue weighted by Gasteiger charge is 2.24. The molecule has 0 unspecified atom stereocenters. The number of benzene rings is 1. The van der Waals surface area contributed by atoms with Gasteiger partial charge < -0.3 is 10.2 Å². The summed E-state index contributed by atoms with van der Waals surface area (Å²) in [6.45, 7) is 5.67. The number of hydrogen-bond donors (Lipinski definition) is 1. The number of carbonyl (C=O) groups excluding carboxylic acids is 1. The zero-order chi connectivity index (χ0) is 23.1. The van der Waals surface area contributed by atoms with Crippen LogP contribution in [-0.4, -0.2) is 35.6 Å². The summed E-state index contributed by atoms with van der Waals surface area (Å²) in [4.78, 5) is 23.0. The van der Waals surface area contributed by atoms with E-state index in [1.54, 1.807) is 25.1 Å². The molecule has 1 aromatic carbocycles. The largest absolute Gasteiger partial charge is 0.370 e. The van der Waals surface area contributed by atoms with Gasteiger partial charge in [0, 0.05) is 19.3 Å². The Morgan fingerprint density at radius 2 is 2.09 bits per heavy atom. The van der Waals surface area contributed by atoms with Crippen molar-refractivity contribution < 1.29 is 13.6 Å². The van der Waals surface area contributed by atoms with Crippen LogP contribution in [0, 0.1) is 24.2 Å². The first kappa shape index (κ1) is 23.1. The highest BCUT2D eigenvalue weighted by atomic mass is 19.1. The quantitative estimate of drug-likeness (QED) is 0.624. The molecular weight excluding hydrogens is 412 g/mol. The summed E-state index contributed by atoms with van der Waals surface area (Å²) < 4.78 is 26.9. The van der Waals surface area contributed by atoms with Crippen LogP contribution in [0.5, 0.6) is 0 Å². The first-order valence-electron chi connectivity index (χ1n) is 10.4. The van der Waals surface area contributed by atoms with E-state index in [0.717, 1.165) is 24.6 Å². The zero-order valence-electron chi connectivity index (χ0n) is 17.9. The third-order valence-electron chi connectivity index (χ3n) is 5.56. The molecule has 1 aliphatic heterocycles. The highest BCUT2D eigenvalue weighted by Crippen LogP contribution is 2.33. The van der Waals surface area contributed by atoms with Gasteiger partial charge in [-0.3, -0.25) is 9.78 Å². The van der Waals surface area contributed by atoms with Crippen molar-refractivity contribution in [2.75, 3.05) is 30.0 Å². The molecular formula is C24H25F2N5O. The maximum Gasteiger partial charge on any atom is 0.275 e. The monoisotopic (exact) mass is 437 g/mol. The number of allylic oxidation sites excluding steroid dienone is 3. The predicted octanol–water partition coefficient (Wildman–Crippen LogP) is 4.89. The molecule has 0 bridgehead atoms. The SMILES string of the molecule is C=C/C(F)=C(\CF)CC1CCN(c2ccc(C#N)cc2NC(=O)c2cnc(C)cn2)CC1. The minimum atomic E-state index is -0.814. The van der Waals surface area contributed by atoms with E-state index in [1.165, 1.54) is 12.4 Å². The van der Waals surface area contributed by atoms with Crippen LogP contribution in [0.25, 0.3) is 0 Å². The Morgan fingerprint density at radius 3 is 2.69 bits per heavy atom. The number of halogens is 2. The van der Waals surface area contributed by atoms with Crippen molar-refractivity contribution in [2.24, 2.45) is 5.92 Å². The van der Waals surface area contributed by atoms with E-state index in [0.29, 0.717) is 36.5 Å². The van der Waals surface area contributed by atoms with E-state index in [4.69, 9.17) is 0 Å². The standard InChI is InChI=1S/C24H25F2N5O/c1-3-20(26)19(12-25)10-17-6-8-31(9-7-17)23-5-4-18(13-27)11-21(23)30-24(32)22-15-28-16(2)14-29-22/h3-5,11,14-15,17H,1,6-10,12H2,2H3,(H,30,32)/b20-19+. The first-order valence-corrected chi connectivity index (χ1v) is 10.4. The van der Waals surface area contributed by atoms with E-state index < -0.39 is 18.4 Å². The molecule has 1 aromatic heterocycles. The average molecular weight is 437 g/mol. The maximum absolute atomic E-state index is 13.7. The van der Waals surface area contributed by atoms with Gasteiger partial charge in [-0.1, -0.05) is 6.58 Å². The van der Waals surface area contributed by atoms with Gasteiger partial charge in [-0.15, -0.1) is 0 Å². The zero-order valence-corrected chi connectivity index (χ0v) is 17.9. The Morgan fingerprint density at radius 1 is 1.34 bits per heavy atom. The van der Waals surface area contributed by atoms with E-state index in [1.807, 2.05) is 0 Å². The van der Waals surface area contributed by atoms with Crippen LogP contribution in [0.2, 0.25) is 0 Å². The molecule has 0 saturated carbocycles. The Hall–Kier alpha value is -3.60. The second-order valence-corrected chi connectivity index (χ2v) is 7.76. The fraction of sp³-hybridized carbons (Fsp3) is 0.333. The van der Waals surface area contributed by atoms with Gasteiger partial charge in [0.2, 0.25) is 0 Å². The minimum absolute atomic E-state index is 0.156. The predicted molar refractivity (Wildman–Crippen MR) is 120 cm³/mol. The van der Waals surface area contributed by atoms with E-state index >= 15 is 0 Å². The van der Waals surface area contributed by atoms with Crippen molar-refractivity contribution in [2.45, 2.75) is 26.2 Å². The average Bonchev–Trinajstić information content (AvgIpc) is 2.82. The molecule has 0 spiro atoms. The van der Waals surface area contributed by atoms with Crippen LogP contribution in [0.15, 0.2) is 54.6 Å². The number of aryl methyl sites for hydroxylation is 1. The minimum Gasteiger partial charge on any atom is -0.370 e. The van der Waals surface area contributed by atoms with Crippen LogP contribution in [-0.2, 0) is 0 Å². The molecule has 0 radical (unpaired) electrons. The number of anilines is 2. The summed E-state index contributed by atoms with van der Waals surface area (Å²) in [5.74, 6) is -0.825. The molecule has 1 saturated heterocycles. The molecule has 1 amide bonds.